The van der Waals surface area contributed by atoms with E-state index in [1.54, 1.807) is 0 Å². The van der Waals surface area contributed by atoms with Crippen LogP contribution in [0.3, 0.4) is 0 Å². The summed E-state index contributed by atoms with van der Waals surface area (Å²) < 4.78 is 17.1. The van der Waals surface area contributed by atoms with E-state index in [0.717, 1.165) is 12.8 Å². The summed E-state index contributed by atoms with van der Waals surface area (Å²) >= 11 is 0. The topological polar surface area (TPSA) is 51.4 Å². The molecular formula is C15H18O4. The predicted molar refractivity (Wildman–Crippen MR) is 67.4 cm³/mol. The first-order valence-electron chi connectivity index (χ1n) is 6.91. The molecule has 0 unspecified atom stereocenters. The number of epoxide rings is 2. The number of allylic oxidation sites excluding steroid dienone is 1. The average molecular weight is 262 g/mol. The Morgan fingerprint density at radius 3 is 3.00 bits per heavy atom. The Morgan fingerprint density at radius 2 is 2.21 bits per heavy atom. The van der Waals surface area contributed by atoms with E-state index in [9.17, 15) is 4.79 Å². The molecule has 0 aromatic carbocycles. The molecule has 1 aliphatic carbocycles. The summed E-state index contributed by atoms with van der Waals surface area (Å²) in [4.78, 5) is 11.8. The van der Waals surface area contributed by atoms with E-state index in [4.69, 9.17) is 14.2 Å². The highest BCUT2D eigenvalue weighted by Crippen LogP contribution is 2.53. The van der Waals surface area contributed by atoms with Gasteiger partial charge >= 0.3 is 5.97 Å². The smallest absolute Gasteiger partial charge is 0.334 e. The number of carbonyl (C=O) groups is 1. The summed E-state index contributed by atoms with van der Waals surface area (Å²) in [6.45, 7) is 8.08. The molecule has 4 nitrogen and oxygen atoms in total. The van der Waals surface area contributed by atoms with Gasteiger partial charge in [-0.15, -0.1) is 0 Å². The van der Waals surface area contributed by atoms with Gasteiger partial charge in [-0.1, -0.05) is 12.7 Å². The fourth-order valence-electron chi connectivity index (χ4n) is 3.58. The Kier molecular flexibility index (Phi) is 2.15. The van der Waals surface area contributed by atoms with Gasteiger partial charge < -0.3 is 14.2 Å². The van der Waals surface area contributed by atoms with Gasteiger partial charge in [0, 0.05) is 5.57 Å². The second-order valence-corrected chi connectivity index (χ2v) is 6.28. The minimum Gasteiger partial charge on any atom is -0.455 e. The molecular weight excluding hydrogens is 244 g/mol. The quantitative estimate of drug-likeness (QED) is 0.289. The number of hydrogen-bond acceptors (Lipinski definition) is 4. The molecule has 4 aliphatic rings. The van der Waals surface area contributed by atoms with E-state index in [-0.39, 0.29) is 41.9 Å². The van der Waals surface area contributed by atoms with Crippen LogP contribution in [-0.4, -0.2) is 36.0 Å². The lowest BCUT2D eigenvalue weighted by molar-refractivity contribution is -0.140. The Labute approximate surface area is 112 Å². The van der Waals surface area contributed by atoms with E-state index < -0.39 is 0 Å². The molecule has 102 valence electrons. The maximum absolute atomic E-state index is 11.8. The predicted octanol–water partition coefficient (Wildman–Crippen LogP) is 1.75. The molecule has 3 aliphatic heterocycles. The van der Waals surface area contributed by atoms with Crippen molar-refractivity contribution in [2.45, 2.75) is 56.7 Å². The molecule has 3 heterocycles. The highest BCUT2D eigenvalue weighted by Gasteiger charge is 2.66. The van der Waals surface area contributed by atoms with Crippen molar-refractivity contribution in [3.05, 3.63) is 23.8 Å². The van der Waals surface area contributed by atoms with Crippen molar-refractivity contribution in [1.29, 1.82) is 0 Å². The third-order valence-corrected chi connectivity index (χ3v) is 4.94. The molecule has 0 amide bonds. The first kappa shape index (κ1) is 11.7. The van der Waals surface area contributed by atoms with Crippen LogP contribution < -0.4 is 0 Å². The molecule has 6 atom stereocenters. The van der Waals surface area contributed by atoms with Crippen molar-refractivity contribution >= 4 is 5.97 Å². The van der Waals surface area contributed by atoms with Crippen molar-refractivity contribution < 1.29 is 19.0 Å². The number of esters is 1. The van der Waals surface area contributed by atoms with Crippen molar-refractivity contribution in [2.75, 3.05) is 0 Å². The molecule has 4 heteroatoms. The van der Waals surface area contributed by atoms with Crippen LogP contribution in [0.15, 0.2) is 23.8 Å². The average Bonchev–Trinajstić information content (AvgIpc) is 3.22. The minimum atomic E-state index is -0.289. The largest absolute Gasteiger partial charge is 0.455 e. The van der Waals surface area contributed by atoms with Gasteiger partial charge in [-0.25, -0.2) is 4.79 Å². The standard InChI is InChI=1S/C15H18O4/c1-7-5-4-6-15(3)13(19-15)12-9(11-10(7)17-11)8(2)14(16)18-12/h5,9-13H,2,4,6H2,1,3H3/b7-5+/t9-,10+,11-,12+,13+,15-/m1/s1. The van der Waals surface area contributed by atoms with E-state index in [1.807, 2.05) is 0 Å². The van der Waals surface area contributed by atoms with Gasteiger partial charge in [-0.2, -0.15) is 0 Å². The Balaban J connectivity index is 1.71. The van der Waals surface area contributed by atoms with Gasteiger partial charge in [0.25, 0.3) is 0 Å². The highest BCUT2D eigenvalue weighted by atomic mass is 16.7. The second kappa shape index (κ2) is 3.49. The number of ether oxygens (including phenoxy) is 3. The summed E-state index contributed by atoms with van der Waals surface area (Å²) in [5.74, 6) is -0.339. The zero-order chi connectivity index (χ0) is 13.4. The molecule has 3 saturated heterocycles. The minimum absolute atomic E-state index is 0.00245. The number of hydrogen-bond donors (Lipinski definition) is 0. The van der Waals surface area contributed by atoms with E-state index in [2.05, 4.69) is 26.5 Å². The maximum Gasteiger partial charge on any atom is 0.334 e. The van der Waals surface area contributed by atoms with Gasteiger partial charge in [0.1, 0.15) is 18.3 Å². The molecule has 0 aromatic heterocycles. The molecule has 0 bridgehead atoms. The summed E-state index contributed by atoms with van der Waals surface area (Å²) in [5, 5.41) is 0. The Hall–Kier alpha value is -1.13. The third kappa shape index (κ3) is 1.56. The summed E-state index contributed by atoms with van der Waals surface area (Å²) in [6, 6.07) is 0. The first-order chi connectivity index (χ1) is 9.01. The first-order valence-corrected chi connectivity index (χ1v) is 6.91. The van der Waals surface area contributed by atoms with E-state index in [1.165, 1.54) is 5.57 Å². The zero-order valence-corrected chi connectivity index (χ0v) is 11.2. The van der Waals surface area contributed by atoms with Crippen molar-refractivity contribution in [3.63, 3.8) is 0 Å². The van der Waals surface area contributed by atoms with E-state index in [0.29, 0.717) is 5.57 Å². The lowest BCUT2D eigenvalue weighted by atomic mass is 9.84. The highest BCUT2D eigenvalue weighted by molar-refractivity contribution is 5.91. The van der Waals surface area contributed by atoms with Crippen LogP contribution in [0.2, 0.25) is 0 Å². The van der Waals surface area contributed by atoms with Crippen molar-refractivity contribution in [2.24, 2.45) is 5.92 Å². The molecule has 3 fully saturated rings. The van der Waals surface area contributed by atoms with Gasteiger partial charge in [-0.05, 0) is 32.3 Å². The molecule has 0 spiro atoms. The molecule has 0 N–H and O–H groups in total. The van der Waals surface area contributed by atoms with Crippen molar-refractivity contribution in [1.82, 2.24) is 0 Å². The third-order valence-electron chi connectivity index (χ3n) is 4.94. The van der Waals surface area contributed by atoms with Gasteiger partial charge in [-0.3, -0.25) is 0 Å². The lowest BCUT2D eigenvalue weighted by Crippen LogP contribution is -2.32. The van der Waals surface area contributed by atoms with Crippen molar-refractivity contribution in [3.8, 4) is 0 Å². The summed E-state index contributed by atoms with van der Waals surface area (Å²) in [7, 11) is 0. The SMILES string of the molecule is C=C1C(=O)O[C@H]2[C@H]1[C@H]1O[C@H]1/C(C)=C/CC[C@@]1(C)O[C@@H]21. The second-order valence-electron chi connectivity index (χ2n) is 6.28. The molecule has 0 saturated carbocycles. The fourth-order valence-corrected chi connectivity index (χ4v) is 3.58. The van der Waals surface area contributed by atoms with Gasteiger partial charge in [0.15, 0.2) is 0 Å². The summed E-state index contributed by atoms with van der Waals surface area (Å²) in [6.07, 6.45) is 4.11. The van der Waals surface area contributed by atoms with E-state index >= 15 is 0 Å². The molecule has 0 aromatic rings. The normalized spacial score (nSPS) is 54.2. The van der Waals surface area contributed by atoms with Crippen LogP contribution in [-0.2, 0) is 19.0 Å². The monoisotopic (exact) mass is 262 g/mol. The number of carbonyl (C=O) groups excluding carboxylic acids is 1. The lowest BCUT2D eigenvalue weighted by Gasteiger charge is -2.16. The molecule has 0 radical (unpaired) electrons. The Bertz CT molecular complexity index is 508. The zero-order valence-electron chi connectivity index (χ0n) is 11.2. The van der Waals surface area contributed by atoms with Gasteiger partial charge in [0.2, 0.25) is 0 Å². The van der Waals surface area contributed by atoms with Crippen LogP contribution in [0.5, 0.6) is 0 Å². The van der Waals surface area contributed by atoms with Crippen LogP contribution in [0.4, 0.5) is 0 Å². The summed E-state index contributed by atoms with van der Waals surface area (Å²) in [5.41, 5.74) is 1.63. The Morgan fingerprint density at radius 1 is 1.42 bits per heavy atom. The van der Waals surface area contributed by atoms with Crippen LogP contribution >= 0.6 is 0 Å². The van der Waals surface area contributed by atoms with Gasteiger partial charge in [0.05, 0.1) is 17.6 Å². The maximum atomic E-state index is 11.8. The number of rotatable bonds is 0. The number of fused-ring (bicyclic) bond motifs is 5. The van der Waals surface area contributed by atoms with Crippen LogP contribution in [0, 0.1) is 5.92 Å². The van der Waals surface area contributed by atoms with Crippen LogP contribution in [0.1, 0.15) is 26.7 Å². The van der Waals surface area contributed by atoms with Crippen LogP contribution in [0.25, 0.3) is 0 Å². The fraction of sp³-hybridized carbons (Fsp3) is 0.667. The molecule has 4 rings (SSSR count). The molecule has 19 heavy (non-hydrogen) atoms.